The molecule has 27 heavy (non-hydrogen) atoms. The fourth-order valence-corrected chi connectivity index (χ4v) is 3.23. The Labute approximate surface area is 160 Å². The van der Waals surface area contributed by atoms with Gasteiger partial charge >= 0.3 is 0 Å². The molecule has 1 aliphatic carbocycles. The van der Waals surface area contributed by atoms with E-state index in [0.29, 0.717) is 5.95 Å². The van der Waals surface area contributed by atoms with Gasteiger partial charge in [-0.2, -0.15) is 0 Å². The second-order valence-electron chi connectivity index (χ2n) is 6.19. The maximum atomic E-state index is 10.9. The first-order chi connectivity index (χ1) is 13.1. The number of aromatic nitrogens is 4. The zero-order valence-electron chi connectivity index (χ0n) is 14.4. The van der Waals surface area contributed by atoms with Crippen LogP contribution in [0.25, 0.3) is 27.9 Å². The number of primary amides is 1. The van der Waals surface area contributed by atoms with Crippen molar-refractivity contribution in [2.75, 3.05) is 11.9 Å². The standard InChI is InChI=1S/C19H17ClN6O/c20-14-1-3-15(4-2-14)26-16(7-12-5-6-22-10-17(12)26)13-8-23-19(24-9-13)25-11-18(21)27/h1,3,5-10H,2,4,11H2,(H2,21,27)(H,23,24,25). The summed E-state index contributed by atoms with van der Waals surface area (Å²) < 4.78 is 2.16. The normalized spacial score (nSPS) is 14.0. The molecular weight excluding hydrogens is 364 g/mol. The molecule has 0 fully saturated rings. The number of hydrogen-bond acceptors (Lipinski definition) is 5. The van der Waals surface area contributed by atoms with Gasteiger partial charge in [0.1, 0.15) is 0 Å². The number of hydrogen-bond donors (Lipinski definition) is 2. The summed E-state index contributed by atoms with van der Waals surface area (Å²) in [5.41, 5.74) is 9.11. The summed E-state index contributed by atoms with van der Waals surface area (Å²) >= 11 is 6.12. The molecule has 8 heteroatoms. The SMILES string of the molecule is NC(=O)CNc1ncc(-c2cc3ccncc3n2C2=CC=C(Cl)CC2)cn1. The van der Waals surface area contributed by atoms with E-state index in [9.17, 15) is 4.79 Å². The van der Waals surface area contributed by atoms with Crippen LogP contribution in [0.2, 0.25) is 0 Å². The summed E-state index contributed by atoms with van der Waals surface area (Å²) in [4.78, 5) is 23.7. The Morgan fingerprint density at radius 3 is 2.74 bits per heavy atom. The number of halogens is 1. The van der Waals surface area contributed by atoms with Crippen molar-refractivity contribution >= 4 is 40.1 Å². The molecule has 136 valence electrons. The number of fused-ring (bicyclic) bond motifs is 1. The number of nitrogens with two attached hydrogens (primary N) is 1. The zero-order valence-corrected chi connectivity index (χ0v) is 15.1. The lowest BCUT2D eigenvalue weighted by molar-refractivity contribution is -0.116. The summed E-state index contributed by atoms with van der Waals surface area (Å²) in [6.45, 7) is -0.00867. The highest BCUT2D eigenvalue weighted by molar-refractivity contribution is 6.29. The maximum absolute atomic E-state index is 10.9. The molecule has 7 nitrogen and oxygen atoms in total. The minimum absolute atomic E-state index is 0.00867. The van der Waals surface area contributed by atoms with Gasteiger partial charge in [0.25, 0.3) is 0 Å². The fourth-order valence-electron chi connectivity index (χ4n) is 3.07. The van der Waals surface area contributed by atoms with E-state index in [-0.39, 0.29) is 6.54 Å². The van der Waals surface area contributed by atoms with Crippen LogP contribution in [0.4, 0.5) is 5.95 Å². The Balaban J connectivity index is 1.77. The first kappa shape index (κ1) is 17.2. The number of allylic oxidation sites excluding steroid dienone is 4. The molecule has 0 aliphatic heterocycles. The molecule has 0 bridgehead atoms. The Bertz CT molecular complexity index is 1070. The highest BCUT2D eigenvalue weighted by Crippen LogP contribution is 2.34. The van der Waals surface area contributed by atoms with Crippen LogP contribution in [0.15, 0.2) is 54.1 Å². The van der Waals surface area contributed by atoms with Crippen LogP contribution in [0.5, 0.6) is 0 Å². The van der Waals surface area contributed by atoms with Crippen LogP contribution in [0, 0.1) is 0 Å². The van der Waals surface area contributed by atoms with E-state index in [2.05, 4.69) is 30.9 Å². The highest BCUT2D eigenvalue weighted by atomic mass is 35.5. The Hall–Kier alpha value is -3.19. The molecule has 1 aliphatic rings. The third-order valence-corrected chi connectivity index (χ3v) is 4.65. The number of nitrogens with one attached hydrogen (secondary N) is 1. The molecule has 4 rings (SSSR count). The van der Waals surface area contributed by atoms with E-state index in [1.165, 1.54) is 0 Å². The van der Waals surface area contributed by atoms with E-state index < -0.39 is 5.91 Å². The van der Waals surface area contributed by atoms with Gasteiger partial charge in [0.05, 0.1) is 24.0 Å². The van der Waals surface area contributed by atoms with Crippen molar-refractivity contribution in [1.82, 2.24) is 19.5 Å². The second-order valence-corrected chi connectivity index (χ2v) is 6.67. The van der Waals surface area contributed by atoms with Crippen molar-refractivity contribution in [1.29, 1.82) is 0 Å². The lowest BCUT2D eigenvalue weighted by Gasteiger charge is -2.17. The van der Waals surface area contributed by atoms with Gasteiger partial charge in [-0.25, -0.2) is 9.97 Å². The van der Waals surface area contributed by atoms with Crippen LogP contribution in [-0.4, -0.2) is 32.0 Å². The molecule has 3 N–H and O–H groups in total. The zero-order chi connectivity index (χ0) is 18.8. The van der Waals surface area contributed by atoms with Crippen molar-refractivity contribution in [3.63, 3.8) is 0 Å². The van der Waals surface area contributed by atoms with Crippen LogP contribution in [0.1, 0.15) is 12.8 Å². The molecule has 0 saturated carbocycles. The summed E-state index contributed by atoms with van der Waals surface area (Å²) in [7, 11) is 0. The highest BCUT2D eigenvalue weighted by Gasteiger charge is 2.16. The van der Waals surface area contributed by atoms with Gasteiger partial charge < -0.3 is 15.6 Å². The second kappa shape index (κ2) is 7.20. The maximum Gasteiger partial charge on any atom is 0.236 e. The molecule has 0 unspecified atom stereocenters. The number of nitrogens with zero attached hydrogens (tertiary/aromatic N) is 4. The van der Waals surface area contributed by atoms with Gasteiger partial charge in [0.2, 0.25) is 11.9 Å². The van der Waals surface area contributed by atoms with Crippen molar-refractivity contribution < 1.29 is 4.79 Å². The van der Waals surface area contributed by atoms with Gasteiger partial charge in [-0.15, -0.1) is 0 Å². The molecule has 1 amide bonds. The minimum atomic E-state index is -0.466. The Morgan fingerprint density at radius 2 is 2.04 bits per heavy atom. The minimum Gasteiger partial charge on any atom is -0.368 e. The summed E-state index contributed by atoms with van der Waals surface area (Å²) in [5.74, 6) is -0.111. The largest absolute Gasteiger partial charge is 0.368 e. The topological polar surface area (TPSA) is 98.7 Å². The van der Waals surface area contributed by atoms with Crippen molar-refractivity contribution in [2.45, 2.75) is 12.8 Å². The molecule has 3 heterocycles. The summed E-state index contributed by atoms with van der Waals surface area (Å²) in [5, 5.41) is 4.72. The molecule has 0 atom stereocenters. The first-order valence-electron chi connectivity index (χ1n) is 8.47. The predicted octanol–water partition coefficient (Wildman–Crippen LogP) is 3.15. The molecule has 3 aromatic rings. The smallest absolute Gasteiger partial charge is 0.236 e. The number of anilines is 1. The molecule has 0 saturated heterocycles. The van der Waals surface area contributed by atoms with Gasteiger partial charge in [-0.05, 0) is 37.1 Å². The van der Waals surface area contributed by atoms with E-state index >= 15 is 0 Å². The predicted molar refractivity (Wildman–Crippen MR) is 106 cm³/mol. The van der Waals surface area contributed by atoms with Gasteiger partial charge in [0.15, 0.2) is 0 Å². The Morgan fingerprint density at radius 1 is 1.22 bits per heavy atom. The van der Waals surface area contributed by atoms with Crippen molar-refractivity contribution in [3.05, 3.63) is 54.1 Å². The van der Waals surface area contributed by atoms with Gasteiger partial charge in [-0.1, -0.05) is 11.6 Å². The Kier molecular flexibility index (Phi) is 4.60. The van der Waals surface area contributed by atoms with E-state index in [1.807, 2.05) is 24.4 Å². The van der Waals surface area contributed by atoms with Crippen LogP contribution >= 0.6 is 11.6 Å². The molecule has 0 radical (unpaired) electrons. The van der Waals surface area contributed by atoms with Crippen molar-refractivity contribution in [2.24, 2.45) is 5.73 Å². The molecular formula is C19H17ClN6O. The van der Waals surface area contributed by atoms with E-state index in [1.54, 1.807) is 18.6 Å². The summed E-state index contributed by atoms with van der Waals surface area (Å²) in [6.07, 6.45) is 12.7. The molecule has 0 aromatic carbocycles. The van der Waals surface area contributed by atoms with E-state index in [0.717, 1.165) is 45.7 Å². The number of amides is 1. The van der Waals surface area contributed by atoms with Crippen LogP contribution < -0.4 is 11.1 Å². The van der Waals surface area contributed by atoms with Gasteiger partial charge in [-0.3, -0.25) is 9.78 Å². The number of carbonyl (C=O) groups excluding carboxylic acids is 1. The average Bonchev–Trinajstić information content (AvgIpc) is 3.07. The number of rotatable bonds is 5. The first-order valence-corrected chi connectivity index (χ1v) is 8.85. The lowest BCUT2D eigenvalue weighted by atomic mass is 10.1. The van der Waals surface area contributed by atoms with Crippen molar-refractivity contribution in [3.8, 4) is 11.3 Å². The molecule has 3 aromatic heterocycles. The number of pyridine rings is 1. The molecule has 0 spiro atoms. The quantitative estimate of drug-likeness (QED) is 0.708. The average molecular weight is 381 g/mol. The lowest BCUT2D eigenvalue weighted by Crippen LogP contribution is -2.22. The third-order valence-electron chi connectivity index (χ3n) is 4.34. The monoisotopic (exact) mass is 380 g/mol. The fraction of sp³-hybridized carbons (Fsp3) is 0.158. The van der Waals surface area contributed by atoms with Crippen LogP contribution in [0.3, 0.4) is 0 Å². The van der Waals surface area contributed by atoms with Crippen LogP contribution in [-0.2, 0) is 4.79 Å². The summed E-state index contributed by atoms with van der Waals surface area (Å²) in [6, 6.07) is 4.07. The van der Waals surface area contributed by atoms with E-state index in [4.69, 9.17) is 17.3 Å². The third kappa shape index (κ3) is 3.54. The van der Waals surface area contributed by atoms with Gasteiger partial charge in [0, 0.05) is 40.3 Å². The number of carbonyl (C=O) groups is 1.